The zero-order valence-electron chi connectivity index (χ0n) is 10.8. The summed E-state index contributed by atoms with van der Waals surface area (Å²) in [4.78, 5) is 28.3. The molecule has 1 aromatic heterocycles. The molecule has 1 atom stereocenters. The largest absolute Gasteiger partial charge is 0.407 e. The fourth-order valence-electron chi connectivity index (χ4n) is 2.45. The van der Waals surface area contributed by atoms with Gasteiger partial charge in [0.15, 0.2) is 5.78 Å². The smallest absolute Gasteiger partial charge is 0.327 e. The van der Waals surface area contributed by atoms with Gasteiger partial charge in [-0.05, 0) is 23.6 Å². The van der Waals surface area contributed by atoms with Crippen molar-refractivity contribution >= 4 is 11.8 Å². The van der Waals surface area contributed by atoms with Crippen LogP contribution >= 0.6 is 0 Å². The van der Waals surface area contributed by atoms with Gasteiger partial charge in [-0.15, -0.1) is 0 Å². The van der Waals surface area contributed by atoms with Crippen molar-refractivity contribution in [2.45, 2.75) is 18.8 Å². The number of pyridine rings is 1. The fourth-order valence-corrected chi connectivity index (χ4v) is 2.45. The maximum Gasteiger partial charge on any atom is 0.327 e. The Morgan fingerprint density at radius 2 is 1.90 bits per heavy atom. The molecule has 0 aliphatic heterocycles. The normalized spacial score (nSPS) is 17.4. The average Bonchev–Trinajstić information content (AvgIpc) is 2.48. The summed E-state index contributed by atoms with van der Waals surface area (Å²) in [7, 11) is 0. The Hall–Kier alpha value is -2.49. The highest BCUT2D eigenvalue weighted by atomic mass is 16.5. The predicted octanol–water partition coefficient (Wildman–Crippen LogP) is 2.29. The van der Waals surface area contributed by atoms with Crippen LogP contribution in [-0.4, -0.2) is 16.7 Å². The number of hydrogen-bond acceptors (Lipinski definition) is 4. The number of fused-ring (bicyclic) bond motifs is 1. The highest BCUT2D eigenvalue weighted by Gasteiger charge is 2.34. The average molecular weight is 267 g/mol. The van der Waals surface area contributed by atoms with E-state index in [1.165, 1.54) is 0 Å². The molecule has 0 saturated carbocycles. The summed E-state index contributed by atoms with van der Waals surface area (Å²) in [6, 6.07) is 12.6. The molecule has 100 valence electrons. The lowest BCUT2D eigenvalue weighted by molar-refractivity contribution is -0.140. The Kier molecular flexibility index (Phi) is 3.29. The number of ketones is 1. The molecule has 0 amide bonds. The number of carbonyl (C=O) groups excluding carboxylic acids is 2. The minimum atomic E-state index is -0.832. The van der Waals surface area contributed by atoms with E-state index >= 15 is 0 Å². The van der Waals surface area contributed by atoms with Gasteiger partial charge < -0.3 is 4.74 Å². The molecule has 4 nitrogen and oxygen atoms in total. The lowest BCUT2D eigenvalue weighted by Gasteiger charge is -2.22. The number of ether oxygens (including phenoxy) is 1. The number of Topliss-reactive ketones (excluding diaryl/α,β-unsaturated/α-hetero) is 1. The third-order valence-corrected chi connectivity index (χ3v) is 3.41. The summed E-state index contributed by atoms with van der Waals surface area (Å²) in [5, 5.41) is 0. The molecular weight excluding hydrogens is 254 g/mol. The third-order valence-electron chi connectivity index (χ3n) is 3.41. The Labute approximate surface area is 116 Å². The second-order valence-electron chi connectivity index (χ2n) is 4.69. The molecule has 1 aromatic carbocycles. The third kappa shape index (κ3) is 2.32. The van der Waals surface area contributed by atoms with E-state index < -0.39 is 11.9 Å². The quantitative estimate of drug-likeness (QED) is 0.618. The number of esters is 1. The molecule has 2 aromatic rings. The summed E-state index contributed by atoms with van der Waals surface area (Å²) >= 11 is 0. The van der Waals surface area contributed by atoms with Crippen molar-refractivity contribution < 1.29 is 14.3 Å². The maximum absolute atomic E-state index is 12.3. The van der Waals surface area contributed by atoms with Crippen molar-refractivity contribution in [3.05, 3.63) is 59.8 Å². The molecule has 0 fully saturated rings. The Morgan fingerprint density at radius 3 is 2.70 bits per heavy atom. The first-order valence-corrected chi connectivity index (χ1v) is 6.49. The Bertz CT molecular complexity index is 652. The van der Waals surface area contributed by atoms with Crippen molar-refractivity contribution in [1.29, 1.82) is 0 Å². The molecule has 1 unspecified atom stereocenters. The SMILES string of the molecule is O=C1CCc2ccccc2C1C(=O)Oc1ccccn1. The van der Waals surface area contributed by atoms with Gasteiger partial charge in [-0.2, -0.15) is 0 Å². The minimum Gasteiger partial charge on any atom is -0.407 e. The van der Waals surface area contributed by atoms with E-state index in [0.29, 0.717) is 12.8 Å². The molecule has 4 heteroatoms. The van der Waals surface area contributed by atoms with Crippen LogP contribution in [0.2, 0.25) is 0 Å². The molecule has 1 aliphatic rings. The predicted molar refractivity (Wildman–Crippen MR) is 72.4 cm³/mol. The first kappa shape index (κ1) is 12.5. The number of aryl methyl sites for hydroxylation is 1. The van der Waals surface area contributed by atoms with Crippen molar-refractivity contribution in [1.82, 2.24) is 4.98 Å². The second kappa shape index (κ2) is 5.25. The fraction of sp³-hybridized carbons (Fsp3) is 0.188. The molecule has 0 saturated heterocycles. The minimum absolute atomic E-state index is 0.0929. The van der Waals surface area contributed by atoms with Crippen molar-refractivity contribution in [2.75, 3.05) is 0 Å². The van der Waals surface area contributed by atoms with Gasteiger partial charge in [-0.25, -0.2) is 4.98 Å². The molecule has 0 bridgehead atoms. The summed E-state index contributed by atoms with van der Waals surface area (Å²) in [5.41, 5.74) is 1.79. The summed E-state index contributed by atoms with van der Waals surface area (Å²) < 4.78 is 5.21. The number of hydrogen-bond donors (Lipinski definition) is 0. The van der Waals surface area contributed by atoms with E-state index in [9.17, 15) is 9.59 Å². The van der Waals surface area contributed by atoms with Crippen molar-refractivity contribution in [2.24, 2.45) is 0 Å². The van der Waals surface area contributed by atoms with Crippen LogP contribution < -0.4 is 4.74 Å². The van der Waals surface area contributed by atoms with Crippen LogP contribution in [0.1, 0.15) is 23.5 Å². The van der Waals surface area contributed by atoms with Gasteiger partial charge in [0.2, 0.25) is 5.88 Å². The van der Waals surface area contributed by atoms with Crippen LogP contribution in [-0.2, 0) is 16.0 Å². The number of benzene rings is 1. The van der Waals surface area contributed by atoms with E-state index in [2.05, 4.69) is 4.98 Å². The molecule has 3 rings (SSSR count). The highest BCUT2D eigenvalue weighted by Crippen LogP contribution is 2.30. The Balaban J connectivity index is 1.89. The summed E-state index contributed by atoms with van der Waals surface area (Å²) in [6.07, 6.45) is 2.60. The van der Waals surface area contributed by atoms with Gasteiger partial charge in [-0.3, -0.25) is 9.59 Å². The Morgan fingerprint density at radius 1 is 1.10 bits per heavy atom. The van der Waals surface area contributed by atoms with E-state index in [4.69, 9.17) is 4.74 Å². The zero-order chi connectivity index (χ0) is 13.9. The van der Waals surface area contributed by atoms with Crippen LogP contribution in [0.25, 0.3) is 0 Å². The van der Waals surface area contributed by atoms with Gasteiger partial charge in [0, 0.05) is 18.7 Å². The second-order valence-corrected chi connectivity index (χ2v) is 4.69. The van der Waals surface area contributed by atoms with E-state index in [-0.39, 0.29) is 11.7 Å². The van der Waals surface area contributed by atoms with Crippen LogP contribution in [0.4, 0.5) is 0 Å². The van der Waals surface area contributed by atoms with Crippen LogP contribution in [0.3, 0.4) is 0 Å². The summed E-state index contributed by atoms with van der Waals surface area (Å²) in [6.45, 7) is 0. The molecule has 1 aliphatic carbocycles. The van der Waals surface area contributed by atoms with Crippen LogP contribution in [0.5, 0.6) is 5.88 Å². The van der Waals surface area contributed by atoms with Crippen molar-refractivity contribution in [3.8, 4) is 5.88 Å². The molecule has 0 radical (unpaired) electrons. The molecule has 20 heavy (non-hydrogen) atoms. The van der Waals surface area contributed by atoms with Gasteiger partial charge in [0.1, 0.15) is 5.92 Å². The van der Waals surface area contributed by atoms with E-state index in [1.54, 1.807) is 24.4 Å². The standard InChI is InChI=1S/C16H13NO3/c18-13-9-8-11-5-1-2-6-12(11)15(13)16(19)20-14-7-3-4-10-17-14/h1-7,10,15H,8-9H2. The number of aromatic nitrogens is 1. The molecule has 0 N–H and O–H groups in total. The molecule has 1 heterocycles. The number of rotatable bonds is 2. The van der Waals surface area contributed by atoms with Crippen molar-refractivity contribution in [3.63, 3.8) is 0 Å². The first-order chi connectivity index (χ1) is 9.75. The van der Waals surface area contributed by atoms with Gasteiger partial charge >= 0.3 is 5.97 Å². The van der Waals surface area contributed by atoms with Crippen LogP contribution in [0, 0.1) is 0 Å². The van der Waals surface area contributed by atoms with E-state index in [0.717, 1.165) is 11.1 Å². The summed E-state index contributed by atoms with van der Waals surface area (Å²) in [5.74, 6) is -1.26. The lowest BCUT2D eigenvalue weighted by atomic mass is 9.82. The topological polar surface area (TPSA) is 56.3 Å². The van der Waals surface area contributed by atoms with Gasteiger partial charge in [0.05, 0.1) is 0 Å². The lowest BCUT2D eigenvalue weighted by Crippen LogP contribution is -2.30. The zero-order valence-corrected chi connectivity index (χ0v) is 10.8. The van der Waals surface area contributed by atoms with Gasteiger partial charge in [0.25, 0.3) is 0 Å². The molecular formula is C16H13NO3. The molecule has 0 spiro atoms. The number of nitrogens with zero attached hydrogens (tertiary/aromatic N) is 1. The maximum atomic E-state index is 12.3. The number of carbonyl (C=O) groups is 2. The monoisotopic (exact) mass is 267 g/mol. The highest BCUT2D eigenvalue weighted by molar-refractivity contribution is 6.06. The van der Waals surface area contributed by atoms with Crippen LogP contribution in [0.15, 0.2) is 48.7 Å². The first-order valence-electron chi connectivity index (χ1n) is 6.49. The van der Waals surface area contributed by atoms with Gasteiger partial charge in [-0.1, -0.05) is 30.3 Å². The van der Waals surface area contributed by atoms with E-state index in [1.807, 2.05) is 24.3 Å².